The average Bonchev–Trinajstić information content (AvgIpc) is 3.43. The number of benzene rings is 1. The highest BCUT2D eigenvalue weighted by atomic mass is 127. The summed E-state index contributed by atoms with van der Waals surface area (Å²) in [5, 5.41) is 0. The van der Waals surface area contributed by atoms with Gasteiger partial charge in [0.25, 0.3) is 0 Å². The van der Waals surface area contributed by atoms with Gasteiger partial charge in [0, 0.05) is 17.2 Å². The van der Waals surface area contributed by atoms with Crippen molar-refractivity contribution in [3.05, 3.63) is 85.9 Å². The van der Waals surface area contributed by atoms with Crippen molar-refractivity contribution < 1.29 is 4.79 Å². The minimum absolute atomic E-state index is 0.290. The summed E-state index contributed by atoms with van der Waals surface area (Å²) in [6.07, 6.45) is 7.56. The van der Waals surface area contributed by atoms with Gasteiger partial charge in [0.05, 0.1) is 11.6 Å². The zero-order valence-corrected chi connectivity index (χ0v) is 18.5. The molecule has 2 aliphatic rings. The van der Waals surface area contributed by atoms with E-state index in [0.717, 1.165) is 29.7 Å². The Morgan fingerprint density at radius 1 is 1.37 bits per heavy atom. The summed E-state index contributed by atoms with van der Waals surface area (Å²) in [5.74, 6) is 0.309. The molecule has 1 aromatic rings. The van der Waals surface area contributed by atoms with Gasteiger partial charge in [0.2, 0.25) is 0 Å². The lowest BCUT2D eigenvalue weighted by Crippen LogP contribution is -2.12. The van der Waals surface area contributed by atoms with Gasteiger partial charge in [-0.1, -0.05) is 31.4 Å². The molecule has 27 heavy (non-hydrogen) atoms. The summed E-state index contributed by atoms with van der Waals surface area (Å²) in [6.45, 7) is 13.0. The molecule has 2 nitrogen and oxygen atoms in total. The van der Waals surface area contributed by atoms with E-state index in [9.17, 15) is 4.79 Å². The van der Waals surface area contributed by atoms with E-state index in [4.69, 9.17) is 0 Å². The summed E-state index contributed by atoms with van der Waals surface area (Å²) in [6, 6.07) is 4.44. The van der Waals surface area contributed by atoms with Crippen molar-refractivity contribution in [2.24, 2.45) is 0 Å². The SMILES string of the molecule is C=C=C1C(C)=C(/C=C\C(=C)C(C=O)c2cc(C)c(I)cc2C2CC2)CN1C. The second kappa shape index (κ2) is 8.04. The lowest BCUT2D eigenvalue weighted by atomic mass is 9.86. The third-order valence-corrected chi connectivity index (χ3v) is 6.71. The first-order valence-corrected chi connectivity index (χ1v) is 10.4. The molecule has 0 radical (unpaired) electrons. The Kier molecular flexibility index (Phi) is 5.92. The Morgan fingerprint density at radius 2 is 2.07 bits per heavy atom. The highest BCUT2D eigenvalue weighted by Crippen LogP contribution is 2.45. The normalized spacial score (nSPS) is 18.2. The average molecular weight is 471 g/mol. The second-order valence-corrected chi connectivity index (χ2v) is 8.72. The Bertz CT molecular complexity index is 911. The van der Waals surface area contributed by atoms with E-state index in [-0.39, 0.29) is 5.92 Å². The molecule has 1 aliphatic carbocycles. The molecule has 0 spiro atoms. The van der Waals surface area contributed by atoms with E-state index in [0.29, 0.717) is 5.92 Å². The summed E-state index contributed by atoms with van der Waals surface area (Å²) >= 11 is 2.38. The lowest BCUT2D eigenvalue weighted by molar-refractivity contribution is -0.108. The van der Waals surface area contributed by atoms with Gasteiger partial charge in [-0.15, -0.1) is 5.73 Å². The van der Waals surface area contributed by atoms with E-state index in [2.05, 4.69) is 78.4 Å². The highest BCUT2D eigenvalue weighted by molar-refractivity contribution is 14.1. The topological polar surface area (TPSA) is 20.3 Å². The highest BCUT2D eigenvalue weighted by Gasteiger charge is 2.29. The number of halogens is 1. The van der Waals surface area contributed by atoms with Crippen LogP contribution in [0.5, 0.6) is 0 Å². The van der Waals surface area contributed by atoms with Gasteiger partial charge in [-0.3, -0.25) is 0 Å². The largest absolute Gasteiger partial charge is 0.364 e. The summed E-state index contributed by atoms with van der Waals surface area (Å²) in [5.41, 5.74) is 10.9. The molecule has 140 valence electrons. The second-order valence-electron chi connectivity index (χ2n) is 7.56. The van der Waals surface area contributed by atoms with Gasteiger partial charge in [-0.05, 0) is 94.7 Å². The predicted molar refractivity (Wildman–Crippen MR) is 121 cm³/mol. The van der Waals surface area contributed by atoms with Gasteiger partial charge in [-0.25, -0.2) is 0 Å². The molecule has 0 bridgehead atoms. The Morgan fingerprint density at radius 3 is 2.63 bits per heavy atom. The minimum Gasteiger partial charge on any atom is -0.364 e. The summed E-state index contributed by atoms with van der Waals surface area (Å²) in [7, 11) is 2.04. The number of hydrogen-bond acceptors (Lipinski definition) is 2. The van der Waals surface area contributed by atoms with Crippen LogP contribution in [0.25, 0.3) is 0 Å². The van der Waals surface area contributed by atoms with Gasteiger partial charge >= 0.3 is 0 Å². The van der Waals surface area contributed by atoms with Crippen LogP contribution >= 0.6 is 22.6 Å². The first-order chi connectivity index (χ1) is 12.9. The van der Waals surface area contributed by atoms with Crippen molar-refractivity contribution in [1.29, 1.82) is 0 Å². The first kappa shape index (κ1) is 19.9. The Hall–Kier alpha value is -1.84. The smallest absolute Gasteiger partial charge is 0.131 e. The zero-order chi connectivity index (χ0) is 19.7. The molecule has 1 saturated carbocycles. The molecule has 0 amide bonds. The molecule has 1 fully saturated rings. The number of nitrogens with zero attached hydrogens (tertiary/aromatic N) is 1. The molecule has 1 unspecified atom stereocenters. The van der Waals surface area contributed by atoms with Crippen LogP contribution in [0.2, 0.25) is 0 Å². The number of aryl methyl sites for hydroxylation is 1. The van der Waals surface area contributed by atoms with Crippen LogP contribution in [0.3, 0.4) is 0 Å². The summed E-state index contributed by atoms with van der Waals surface area (Å²) < 4.78 is 1.27. The van der Waals surface area contributed by atoms with Crippen molar-refractivity contribution in [3.63, 3.8) is 0 Å². The summed E-state index contributed by atoms with van der Waals surface area (Å²) in [4.78, 5) is 14.1. The van der Waals surface area contributed by atoms with Crippen molar-refractivity contribution in [1.82, 2.24) is 4.90 Å². The third kappa shape index (κ3) is 4.04. The molecule has 1 aromatic carbocycles. The van der Waals surface area contributed by atoms with Crippen molar-refractivity contribution in [2.45, 2.75) is 38.5 Å². The van der Waals surface area contributed by atoms with Crippen LogP contribution in [0.1, 0.15) is 48.3 Å². The van der Waals surface area contributed by atoms with E-state index in [1.54, 1.807) is 0 Å². The number of rotatable bonds is 6. The number of aldehydes is 1. The fourth-order valence-corrected chi connectivity index (χ4v) is 4.24. The molecule has 3 heteroatoms. The van der Waals surface area contributed by atoms with Crippen molar-refractivity contribution >= 4 is 28.9 Å². The lowest BCUT2D eigenvalue weighted by Gasteiger charge is -2.18. The number of carbonyl (C=O) groups is 1. The molecule has 1 heterocycles. The van der Waals surface area contributed by atoms with Gasteiger partial charge in [-0.2, -0.15) is 0 Å². The Balaban J connectivity index is 1.90. The minimum atomic E-state index is -0.290. The molecule has 1 atom stereocenters. The molecule has 0 aromatic heterocycles. The molecule has 0 saturated heterocycles. The van der Waals surface area contributed by atoms with Gasteiger partial charge < -0.3 is 9.69 Å². The van der Waals surface area contributed by atoms with E-state index in [1.807, 2.05) is 13.1 Å². The van der Waals surface area contributed by atoms with Crippen molar-refractivity contribution in [3.8, 4) is 0 Å². The first-order valence-electron chi connectivity index (χ1n) is 9.30. The van der Waals surface area contributed by atoms with Crippen LogP contribution in [0.4, 0.5) is 0 Å². The number of allylic oxidation sites excluding steroid dienone is 3. The maximum absolute atomic E-state index is 12.0. The third-order valence-electron chi connectivity index (χ3n) is 5.54. The van der Waals surface area contributed by atoms with Gasteiger partial charge in [0.1, 0.15) is 6.29 Å². The van der Waals surface area contributed by atoms with Crippen LogP contribution in [0, 0.1) is 10.5 Å². The molecule has 3 rings (SSSR count). The van der Waals surface area contributed by atoms with Crippen LogP contribution in [-0.2, 0) is 4.79 Å². The van der Waals surface area contributed by atoms with E-state index in [1.165, 1.54) is 38.7 Å². The standard InChI is InChI=1S/C24H26INO/c1-6-24-17(4)19(13-26(24)5)8-7-15(2)22(14-27)21-11-16(3)23(25)12-20(21)18-9-10-18/h7-8,11-12,14,18,22H,1-2,9-10,13H2,3-5H3/b8-7-. The number of likely N-dealkylation sites (N-methyl/N-ethyl adjacent to an activating group) is 1. The molecular weight excluding hydrogens is 445 g/mol. The predicted octanol–water partition coefficient (Wildman–Crippen LogP) is 5.80. The van der Waals surface area contributed by atoms with Crippen LogP contribution in [0.15, 0.2) is 65.6 Å². The molecular formula is C24H26INO. The Labute approximate surface area is 176 Å². The number of hydrogen-bond donors (Lipinski definition) is 0. The quantitative estimate of drug-likeness (QED) is 0.226. The monoisotopic (exact) mass is 471 g/mol. The van der Waals surface area contributed by atoms with Gasteiger partial charge in [0.15, 0.2) is 0 Å². The molecule has 0 N–H and O–H groups in total. The van der Waals surface area contributed by atoms with Crippen molar-refractivity contribution in [2.75, 3.05) is 13.6 Å². The maximum Gasteiger partial charge on any atom is 0.131 e. The molecule has 1 aliphatic heterocycles. The maximum atomic E-state index is 12.0. The van der Waals surface area contributed by atoms with E-state index < -0.39 is 0 Å². The van der Waals surface area contributed by atoms with Crippen LogP contribution < -0.4 is 0 Å². The number of carbonyl (C=O) groups excluding carboxylic acids is 1. The zero-order valence-electron chi connectivity index (χ0n) is 16.3. The fourth-order valence-electron chi connectivity index (χ4n) is 3.74. The van der Waals surface area contributed by atoms with E-state index >= 15 is 0 Å². The fraction of sp³-hybridized carbons (Fsp3) is 0.333. The van der Waals surface area contributed by atoms with Crippen LogP contribution in [-0.4, -0.2) is 24.8 Å².